The molecule has 0 saturated heterocycles. The molecular formula is C25H27F2N5OS2. The zero-order valence-electron chi connectivity index (χ0n) is 20.1. The normalized spacial score (nSPS) is 26.1. The van der Waals surface area contributed by atoms with Gasteiger partial charge >= 0.3 is 0 Å². The van der Waals surface area contributed by atoms with Gasteiger partial charge in [0.15, 0.2) is 11.0 Å². The number of nitrogens with two attached hydrogens (primary N) is 1. The highest BCUT2D eigenvalue weighted by atomic mass is 32.3. The maximum atomic E-state index is 15.0. The fraction of sp³-hybridized carbons (Fsp3) is 0.360. The first-order chi connectivity index (χ1) is 16.4. The molecule has 6 nitrogen and oxygen atoms in total. The van der Waals surface area contributed by atoms with Crippen molar-refractivity contribution in [2.75, 3.05) is 25.8 Å². The number of fused-ring (bicyclic) bond motifs is 1. The Morgan fingerprint density at radius 3 is 2.69 bits per heavy atom. The molecule has 1 aliphatic carbocycles. The lowest BCUT2D eigenvalue weighted by Crippen LogP contribution is -2.43. The van der Waals surface area contributed by atoms with Gasteiger partial charge in [0.2, 0.25) is 5.91 Å². The van der Waals surface area contributed by atoms with Crippen LogP contribution in [0, 0.1) is 22.9 Å². The summed E-state index contributed by atoms with van der Waals surface area (Å²) < 4.78 is 29.2. The van der Waals surface area contributed by atoms with Crippen molar-refractivity contribution in [1.29, 1.82) is 0 Å². The third kappa shape index (κ3) is 4.93. The highest BCUT2D eigenvalue weighted by Gasteiger charge is 2.70. The van der Waals surface area contributed by atoms with E-state index < -0.39 is 32.0 Å². The number of aromatic nitrogens is 2. The Kier molecular flexibility index (Phi) is 6.45. The lowest BCUT2D eigenvalue weighted by molar-refractivity contribution is -0.121. The largest absolute Gasteiger partial charge is 0.378 e. The maximum Gasteiger partial charge on any atom is 0.236 e. The van der Waals surface area contributed by atoms with Gasteiger partial charge in [-0.25, -0.2) is 18.7 Å². The maximum absolute atomic E-state index is 15.0. The molecule has 1 aromatic carbocycles. The minimum Gasteiger partial charge on any atom is -0.378 e. The van der Waals surface area contributed by atoms with E-state index in [-0.39, 0.29) is 28.3 Å². The molecule has 0 spiro atoms. The Balaban J connectivity index is 1.64. The summed E-state index contributed by atoms with van der Waals surface area (Å²) >= 11 is 1.21. The summed E-state index contributed by atoms with van der Waals surface area (Å²) in [6.07, 6.45) is 10.7. The molecule has 3 atom stereocenters. The number of carbonyl (C=O) groups excluding carboxylic acids is 1. The average Bonchev–Trinajstić information content (AvgIpc) is 3.55. The number of amidine groups is 1. The van der Waals surface area contributed by atoms with E-state index in [0.29, 0.717) is 17.7 Å². The Bertz CT molecular complexity index is 1310. The van der Waals surface area contributed by atoms with Crippen LogP contribution in [0.4, 0.5) is 8.78 Å². The molecule has 0 radical (unpaired) electrons. The van der Waals surface area contributed by atoms with Crippen LogP contribution in [-0.2, 0) is 10.3 Å². The fourth-order valence-corrected chi connectivity index (χ4v) is 6.08. The first-order valence-electron chi connectivity index (χ1n) is 10.9. The van der Waals surface area contributed by atoms with Crippen molar-refractivity contribution in [2.24, 2.45) is 16.6 Å². The van der Waals surface area contributed by atoms with E-state index in [1.54, 1.807) is 20.0 Å². The van der Waals surface area contributed by atoms with Gasteiger partial charge in [-0.15, -0.1) is 0 Å². The van der Waals surface area contributed by atoms with Gasteiger partial charge in [0.1, 0.15) is 22.0 Å². The molecule has 1 aliphatic heterocycles. The summed E-state index contributed by atoms with van der Waals surface area (Å²) in [5.74, 6) is 1.46. The highest BCUT2D eigenvalue weighted by Crippen LogP contribution is 2.66. The van der Waals surface area contributed by atoms with Crippen molar-refractivity contribution in [2.45, 2.75) is 23.6 Å². The molecule has 2 aliphatic rings. The topological polar surface area (TPSA) is 93.3 Å². The third-order valence-corrected chi connectivity index (χ3v) is 8.06. The number of aliphatic imine (C=N–C) groups is 1. The lowest BCUT2D eigenvalue weighted by Gasteiger charge is -2.33. The number of hydrogen-bond acceptors (Lipinski definition) is 6. The van der Waals surface area contributed by atoms with Crippen molar-refractivity contribution < 1.29 is 13.6 Å². The number of halogens is 2. The molecule has 184 valence electrons. The minimum atomic E-state index is -1.05. The van der Waals surface area contributed by atoms with Crippen LogP contribution in [0.1, 0.15) is 35.9 Å². The zero-order valence-corrected chi connectivity index (χ0v) is 21.8. The van der Waals surface area contributed by atoms with E-state index in [2.05, 4.69) is 50.2 Å². The number of benzene rings is 1. The van der Waals surface area contributed by atoms with Crippen molar-refractivity contribution in [3.05, 3.63) is 58.9 Å². The van der Waals surface area contributed by atoms with Crippen LogP contribution in [0.3, 0.4) is 0 Å². The van der Waals surface area contributed by atoms with E-state index in [1.165, 1.54) is 42.4 Å². The molecule has 0 unspecified atom stereocenters. The predicted octanol–water partition coefficient (Wildman–Crippen LogP) is 3.87. The number of nitrogens with one attached hydrogen (secondary N) is 1. The van der Waals surface area contributed by atoms with Crippen molar-refractivity contribution in [1.82, 2.24) is 15.3 Å². The van der Waals surface area contributed by atoms with E-state index in [1.807, 2.05) is 0 Å². The van der Waals surface area contributed by atoms with Crippen molar-refractivity contribution in [3.8, 4) is 11.2 Å². The molecule has 1 aromatic heterocycles. The second-order valence-electron chi connectivity index (χ2n) is 9.51. The third-order valence-electron chi connectivity index (χ3n) is 6.04. The standard InChI is InChI=1S/C25H27F2N5OS2/c1-24(21-12-25(21,22(33)29-2)34-23(28)32-24)17-10-15(6-7-18(17)26)11-19(27)20-14-30-16(13-31-20)8-9-35(3,4)5/h6-7,10-11,13-14,21H,12H2,1-5H3,(H2,28,32)(H,29,33)/b19-11-/t21-,24+,25-/m0/s1. The summed E-state index contributed by atoms with van der Waals surface area (Å²) in [5, 5.41) is 6.03. The zero-order chi connectivity index (χ0) is 25.6. The van der Waals surface area contributed by atoms with Gasteiger partial charge in [-0.1, -0.05) is 17.8 Å². The number of rotatable bonds is 4. The monoisotopic (exact) mass is 515 g/mol. The SMILES string of the molecule is CNC(=O)[C@]12C[C@H]1[C@@](C)(c1cc(/C=C(\F)c3cnc(C#CS(C)(C)C)cn3)ccc1F)N=C(N)S2. The molecule has 2 heterocycles. The van der Waals surface area contributed by atoms with Gasteiger partial charge in [-0.2, -0.15) is 10.0 Å². The molecule has 0 bridgehead atoms. The van der Waals surface area contributed by atoms with Gasteiger partial charge < -0.3 is 11.1 Å². The quantitative estimate of drug-likeness (QED) is 0.603. The van der Waals surface area contributed by atoms with Crippen molar-refractivity contribution in [3.63, 3.8) is 0 Å². The average molecular weight is 516 g/mol. The van der Waals surface area contributed by atoms with Gasteiger partial charge in [0, 0.05) is 18.5 Å². The Morgan fingerprint density at radius 2 is 2.06 bits per heavy atom. The highest BCUT2D eigenvalue weighted by molar-refractivity contribution is 8.36. The smallest absolute Gasteiger partial charge is 0.236 e. The molecule has 35 heavy (non-hydrogen) atoms. The summed E-state index contributed by atoms with van der Waals surface area (Å²) in [5.41, 5.74) is 6.22. The van der Waals surface area contributed by atoms with Crippen LogP contribution < -0.4 is 11.1 Å². The number of carbonyl (C=O) groups is 1. The van der Waals surface area contributed by atoms with Crippen LogP contribution in [0.15, 0.2) is 35.6 Å². The minimum absolute atomic E-state index is 0.0490. The second kappa shape index (κ2) is 8.95. The summed E-state index contributed by atoms with van der Waals surface area (Å²) in [7, 11) is 0.552. The van der Waals surface area contributed by atoms with Gasteiger partial charge in [0.05, 0.1) is 17.9 Å². The molecule has 1 fully saturated rings. The summed E-state index contributed by atoms with van der Waals surface area (Å²) in [4.78, 5) is 25.4. The van der Waals surface area contributed by atoms with Crippen LogP contribution >= 0.6 is 21.8 Å². The Hall–Kier alpha value is -2.90. The molecule has 3 N–H and O–H groups in total. The predicted molar refractivity (Wildman–Crippen MR) is 141 cm³/mol. The van der Waals surface area contributed by atoms with Crippen molar-refractivity contribution >= 4 is 44.8 Å². The number of nitrogens with zero attached hydrogens (tertiary/aromatic N) is 3. The van der Waals surface area contributed by atoms with E-state index in [9.17, 15) is 9.18 Å². The van der Waals surface area contributed by atoms with Crippen LogP contribution in [0.2, 0.25) is 0 Å². The van der Waals surface area contributed by atoms with Crippen LogP contribution in [0.25, 0.3) is 11.9 Å². The molecule has 10 heteroatoms. The Morgan fingerprint density at radius 1 is 1.31 bits per heavy atom. The van der Waals surface area contributed by atoms with Gasteiger partial charge in [-0.05, 0) is 67.1 Å². The molecule has 4 rings (SSSR count). The molecule has 1 amide bonds. The van der Waals surface area contributed by atoms with E-state index >= 15 is 4.39 Å². The summed E-state index contributed by atoms with van der Waals surface area (Å²) in [6.45, 7) is 1.77. The Labute approximate surface area is 209 Å². The lowest BCUT2D eigenvalue weighted by atomic mass is 9.84. The van der Waals surface area contributed by atoms with Gasteiger partial charge in [-0.3, -0.25) is 9.79 Å². The second-order valence-corrected chi connectivity index (χ2v) is 14.7. The van der Waals surface area contributed by atoms with Crippen LogP contribution in [0.5, 0.6) is 0 Å². The van der Waals surface area contributed by atoms with Gasteiger partial charge in [0.25, 0.3) is 0 Å². The van der Waals surface area contributed by atoms with E-state index in [0.717, 1.165) is 0 Å². The van der Waals surface area contributed by atoms with Crippen LogP contribution in [-0.4, -0.2) is 51.6 Å². The number of thioether (sulfide) groups is 1. The molecule has 1 saturated carbocycles. The fourth-order valence-electron chi connectivity index (χ4n) is 4.25. The number of hydrogen-bond donors (Lipinski definition) is 2. The molecular weight excluding hydrogens is 488 g/mol. The van der Waals surface area contributed by atoms with E-state index in [4.69, 9.17) is 5.73 Å². The summed E-state index contributed by atoms with van der Waals surface area (Å²) in [6, 6.07) is 4.30. The first-order valence-corrected chi connectivity index (χ1v) is 14.5. The number of amides is 1. The molecule has 2 aromatic rings. The first kappa shape index (κ1) is 25.2.